The average Bonchev–Trinajstić information content (AvgIpc) is 2.74. The van der Waals surface area contributed by atoms with Crippen LogP contribution < -0.4 is 5.73 Å². The highest BCUT2D eigenvalue weighted by Gasteiger charge is 2.26. The van der Waals surface area contributed by atoms with E-state index in [9.17, 15) is 9.90 Å². The maximum Gasteiger partial charge on any atom is 0.169 e. The number of hydrogen-bond acceptors (Lipinski definition) is 3. The summed E-state index contributed by atoms with van der Waals surface area (Å²) < 4.78 is 0. The molecule has 92 valence electrons. The smallest absolute Gasteiger partial charge is 0.169 e. The maximum atomic E-state index is 12.2. The summed E-state index contributed by atoms with van der Waals surface area (Å²) in [5.41, 5.74) is 9.06. The lowest BCUT2D eigenvalue weighted by molar-refractivity contribution is 0.0935. The number of nitrogens with two attached hydrogens (primary N) is 1. The van der Waals surface area contributed by atoms with Gasteiger partial charge in [0.25, 0.3) is 0 Å². The molecule has 0 radical (unpaired) electrons. The number of hydrogen-bond donors (Lipinski definition) is 2. The van der Waals surface area contributed by atoms with E-state index in [1.807, 2.05) is 19.9 Å². The predicted molar refractivity (Wildman–Crippen MR) is 67.2 cm³/mol. The summed E-state index contributed by atoms with van der Waals surface area (Å²) in [6, 6.07) is 1.95. The molecule has 3 N–H and O–H groups in total. The van der Waals surface area contributed by atoms with Gasteiger partial charge in [-0.05, 0) is 30.4 Å². The van der Waals surface area contributed by atoms with Crippen molar-refractivity contribution in [1.29, 1.82) is 0 Å². The molecular weight excluding hydrogens is 214 g/mol. The van der Waals surface area contributed by atoms with Crippen molar-refractivity contribution in [2.75, 3.05) is 0 Å². The van der Waals surface area contributed by atoms with Crippen LogP contribution in [0.25, 0.3) is 0 Å². The number of ketones is 1. The predicted octanol–water partition coefficient (Wildman–Crippen LogP) is 2.18. The van der Waals surface area contributed by atoms with E-state index in [1.165, 1.54) is 5.56 Å². The van der Waals surface area contributed by atoms with Crippen molar-refractivity contribution in [2.45, 2.75) is 39.7 Å². The Bertz CT molecular complexity index is 463. The molecule has 0 saturated heterocycles. The van der Waals surface area contributed by atoms with Gasteiger partial charge in [-0.3, -0.25) is 4.79 Å². The van der Waals surface area contributed by atoms with Gasteiger partial charge < -0.3 is 10.8 Å². The lowest BCUT2D eigenvalue weighted by Crippen LogP contribution is -2.13. The molecule has 0 amide bonds. The first-order chi connectivity index (χ1) is 8.06. The van der Waals surface area contributed by atoms with Crippen molar-refractivity contribution < 1.29 is 9.90 Å². The topological polar surface area (TPSA) is 63.3 Å². The molecule has 0 spiro atoms. The Kier molecular flexibility index (Phi) is 3.20. The van der Waals surface area contributed by atoms with E-state index in [2.05, 4.69) is 0 Å². The van der Waals surface area contributed by atoms with Gasteiger partial charge in [-0.15, -0.1) is 0 Å². The van der Waals surface area contributed by atoms with Crippen LogP contribution in [0, 0.1) is 5.92 Å². The second-order valence-electron chi connectivity index (χ2n) is 4.97. The Hall–Kier alpha value is -1.35. The molecule has 2 rings (SSSR count). The molecule has 0 saturated carbocycles. The summed E-state index contributed by atoms with van der Waals surface area (Å²) in [7, 11) is 0. The van der Waals surface area contributed by atoms with Gasteiger partial charge in [0.2, 0.25) is 0 Å². The van der Waals surface area contributed by atoms with Gasteiger partial charge in [0.1, 0.15) is 5.75 Å². The number of Topliss-reactive ketones (excluding diaryl/α,β-unsaturated/α-hetero) is 1. The van der Waals surface area contributed by atoms with Crippen molar-refractivity contribution in [3.05, 3.63) is 28.3 Å². The molecule has 1 aliphatic rings. The van der Waals surface area contributed by atoms with E-state index in [4.69, 9.17) is 5.73 Å². The van der Waals surface area contributed by atoms with Gasteiger partial charge in [-0.1, -0.05) is 19.9 Å². The van der Waals surface area contributed by atoms with Crippen molar-refractivity contribution in [1.82, 2.24) is 0 Å². The summed E-state index contributed by atoms with van der Waals surface area (Å²) >= 11 is 0. The van der Waals surface area contributed by atoms with E-state index in [0.29, 0.717) is 11.1 Å². The number of carbonyl (C=O) groups is 1. The van der Waals surface area contributed by atoms with E-state index in [-0.39, 0.29) is 24.0 Å². The van der Waals surface area contributed by atoms with Gasteiger partial charge in [-0.25, -0.2) is 0 Å². The second-order valence-corrected chi connectivity index (χ2v) is 4.97. The molecule has 3 nitrogen and oxygen atoms in total. The Labute approximate surface area is 102 Å². The zero-order valence-corrected chi connectivity index (χ0v) is 10.4. The third-order valence-electron chi connectivity index (χ3n) is 3.44. The number of carbonyl (C=O) groups excluding carboxylic acids is 1. The molecule has 17 heavy (non-hydrogen) atoms. The van der Waals surface area contributed by atoms with Crippen LogP contribution in [0.3, 0.4) is 0 Å². The summed E-state index contributed by atoms with van der Waals surface area (Å²) in [6.07, 6.45) is 2.93. The van der Waals surface area contributed by atoms with E-state index >= 15 is 0 Å². The molecular formula is C14H19NO2. The lowest BCUT2D eigenvalue weighted by atomic mass is 9.91. The number of rotatable bonds is 3. The third-order valence-corrected chi connectivity index (χ3v) is 3.44. The molecule has 0 bridgehead atoms. The Balaban J connectivity index is 2.63. The van der Waals surface area contributed by atoms with Crippen LogP contribution in [0.4, 0.5) is 0 Å². The SMILES string of the molecule is CC(C)C(=O)c1c(O)c(CN)cc2c1CCC2. The van der Waals surface area contributed by atoms with E-state index in [0.717, 1.165) is 24.8 Å². The van der Waals surface area contributed by atoms with Crippen molar-refractivity contribution in [3.8, 4) is 5.75 Å². The Morgan fingerprint density at radius 3 is 2.76 bits per heavy atom. The van der Waals surface area contributed by atoms with Crippen LogP contribution in [0.1, 0.15) is 47.3 Å². The fraction of sp³-hybridized carbons (Fsp3) is 0.500. The fourth-order valence-corrected chi connectivity index (χ4v) is 2.50. The van der Waals surface area contributed by atoms with Gasteiger partial charge in [-0.2, -0.15) is 0 Å². The lowest BCUT2D eigenvalue weighted by Gasteiger charge is -2.15. The quantitative estimate of drug-likeness (QED) is 0.786. The number of aryl methyl sites for hydroxylation is 1. The first kappa shape index (κ1) is 12.1. The minimum absolute atomic E-state index is 0.0240. The molecule has 3 heteroatoms. The zero-order valence-electron chi connectivity index (χ0n) is 10.4. The van der Waals surface area contributed by atoms with Gasteiger partial charge in [0, 0.05) is 18.0 Å². The maximum absolute atomic E-state index is 12.2. The third kappa shape index (κ3) is 1.95. The molecule has 0 fully saturated rings. The summed E-state index contributed by atoms with van der Waals surface area (Å²) in [5.74, 6) is 0.0291. The molecule has 0 aliphatic heterocycles. The summed E-state index contributed by atoms with van der Waals surface area (Å²) in [4.78, 5) is 12.2. The average molecular weight is 233 g/mol. The fourth-order valence-electron chi connectivity index (χ4n) is 2.50. The van der Waals surface area contributed by atoms with Crippen LogP contribution in [0.2, 0.25) is 0 Å². The highest BCUT2D eigenvalue weighted by Crippen LogP contribution is 2.35. The van der Waals surface area contributed by atoms with Crippen molar-refractivity contribution in [3.63, 3.8) is 0 Å². The minimum atomic E-state index is -0.0985. The largest absolute Gasteiger partial charge is 0.507 e. The highest BCUT2D eigenvalue weighted by atomic mass is 16.3. The first-order valence-corrected chi connectivity index (χ1v) is 6.17. The van der Waals surface area contributed by atoms with Gasteiger partial charge in [0.05, 0.1) is 5.56 Å². The van der Waals surface area contributed by atoms with Crippen LogP contribution in [0.15, 0.2) is 6.07 Å². The number of aromatic hydroxyl groups is 1. The van der Waals surface area contributed by atoms with Crippen LogP contribution in [-0.4, -0.2) is 10.9 Å². The van der Waals surface area contributed by atoms with Gasteiger partial charge in [0.15, 0.2) is 5.78 Å². The molecule has 0 unspecified atom stereocenters. The molecule has 1 aromatic rings. The highest BCUT2D eigenvalue weighted by molar-refractivity contribution is 6.02. The van der Waals surface area contributed by atoms with Crippen molar-refractivity contribution >= 4 is 5.78 Å². The number of phenolic OH excluding ortho intramolecular Hbond substituents is 1. The van der Waals surface area contributed by atoms with Crippen LogP contribution in [0.5, 0.6) is 5.75 Å². The number of fused-ring (bicyclic) bond motifs is 1. The molecule has 0 aromatic heterocycles. The number of phenols is 1. The monoisotopic (exact) mass is 233 g/mol. The summed E-state index contributed by atoms with van der Waals surface area (Å²) in [6.45, 7) is 3.99. The number of benzene rings is 1. The second kappa shape index (κ2) is 4.49. The van der Waals surface area contributed by atoms with Crippen molar-refractivity contribution in [2.24, 2.45) is 11.7 Å². The van der Waals surface area contributed by atoms with E-state index < -0.39 is 0 Å². The standard InChI is InChI=1S/C14H19NO2/c1-8(2)13(16)12-11-5-3-4-9(11)6-10(7-15)14(12)17/h6,8,17H,3-5,7,15H2,1-2H3. The van der Waals surface area contributed by atoms with Gasteiger partial charge >= 0.3 is 0 Å². The molecule has 1 aromatic carbocycles. The Morgan fingerprint density at radius 2 is 2.18 bits per heavy atom. The summed E-state index contributed by atoms with van der Waals surface area (Å²) in [5, 5.41) is 10.2. The molecule has 0 atom stereocenters. The zero-order chi connectivity index (χ0) is 12.6. The minimum Gasteiger partial charge on any atom is -0.507 e. The van der Waals surface area contributed by atoms with E-state index in [1.54, 1.807) is 0 Å². The molecule has 0 heterocycles. The van der Waals surface area contributed by atoms with Crippen LogP contribution >= 0.6 is 0 Å². The first-order valence-electron chi connectivity index (χ1n) is 6.17. The molecule has 1 aliphatic carbocycles. The normalized spacial score (nSPS) is 14.1. The van der Waals surface area contributed by atoms with Crippen LogP contribution in [-0.2, 0) is 19.4 Å². The Morgan fingerprint density at radius 1 is 1.47 bits per heavy atom.